The predicted molar refractivity (Wildman–Crippen MR) is 68.1 cm³/mol. The molecule has 0 unspecified atom stereocenters. The van der Waals surface area contributed by atoms with Crippen LogP contribution in [-0.4, -0.2) is 21.4 Å². The average Bonchev–Trinajstić information content (AvgIpc) is 2.26. The molecular weight excluding hydrogens is 228 g/mol. The van der Waals surface area contributed by atoms with Gasteiger partial charge in [0.15, 0.2) is 0 Å². The Morgan fingerprint density at radius 1 is 1.20 bits per heavy atom. The van der Waals surface area contributed by atoms with Crippen molar-refractivity contribution in [2.75, 3.05) is 6.61 Å². The highest BCUT2D eigenvalue weighted by atomic mass is 35.6. The molecule has 0 saturated heterocycles. The molecule has 0 fully saturated rings. The van der Waals surface area contributed by atoms with Gasteiger partial charge < -0.3 is 4.74 Å². The van der Waals surface area contributed by atoms with Crippen LogP contribution in [0, 0.1) is 0 Å². The van der Waals surface area contributed by atoms with E-state index in [4.69, 9.17) is 15.8 Å². The third kappa shape index (κ3) is 11.6. The Hall–Kier alpha value is -0.283. The summed E-state index contributed by atoms with van der Waals surface area (Å²) in [5.74, 6) is -0.318. The smallest absolute Gasteiger partial charge is 0.330 e. The van der Waals surface area contributed by atoms with Gasteiger partial charge in [0.1, 0.15) is 8.83 Å². The van der Waals surface area contributed by atoms with Gasteiger partial charge in [-0.2, -0.15) is 11.1 Å². The Bertz CT molecular complexity index is 174. The van der Waals surface area contributed by atoms with Crippen LogP contribution in [0.1, 0.15) is 38.5 Å². The molecule has 0 amide bonds. The normalized spacial score (nSPS) is 10.7. The number of rotatable bonds is 10. The molecule has 0 aliphatic rings. The highest BCUT2D eigenvalue weighted by molar-refractivity contribution is 6.93. The molecule has 0 atom stereocenters. The van der Waals surface area contributed by atoms with Gasteiger partial charge in [-0.15, -0.1) is 0 Å². The topological polar surface area (TPSA) is 26.3 Å². The van der Waals surface area contributed by atoms with Crippen molar-refractivity contribution in [3.63, 3.8) is 0 Å². The number of hydrogen-bond donors (Lipinski definition) is 0. The molecule has 0 aromatic rings. The lowest BCUT2D eigenvalue weighted by Crippen LogP contribution is -2.01. The maximum Gasteiger partial charge on any atom is 0.330 e. The van der Waals surface area contributed by atoms with Crippen LogP contribution in [0.25, 0.3) is 0 Å². The molecule has 0 spiro atoms. The van der Waals surface area contributed by atoms with Gasteiger partial charge in [0.2, 0.25) is 0 Å². The van der Waals surface area contributed by atoms with Crippen molar-refractivity contribution in [1.29, 1.82) is 0 Å². The fourth-order valence-corrected chi connectivity index (χ4v) is 2.42. The van der Waals surface area contributed by atoms with E-state index in [1.165, 1.54) is 37.8 Å². The number of unbranched alkanes of at least 4 members (excludes halogenated alkanes) is 5. The summed E-state index contributed by atoms with van der Waals surface area (Å²) in [6, 6.07) is 1.26. The zero-order valence-corrected chi connectivity index (χ0v) is 11.5. The first-order chi connectivity index (χ1) is 7.31. The number of hydrogen-bond acceptors (Lipinski definition) is 2. The van der Waals surface area contributed by atoms with Crippen molar-refractivity contribution in [2.24, 2.45) is 0 Å². The van der Waals surface area contributed by atoms with E-state index < -0.39 is 0 Å². The standard InChI is InChI=1S/C11H21ClO2Si/c1-2-11(13)14-9-7-5-3-4-6-8-10-15-12/h2H,1,3-10,15H2. The molecule has 15 heavy (non-hydrogen) atoms. The van der Waals surface area contributed by atoms with Gasteiger partial charge in [-0.05, 0) is 12.5 Å². The van der Waals surface area contributed by atoms with Crippen LogP contribution in [-0.2, 0) is 9.53 Å². The number of carbonyl (C=O) groups is 1. The minimum absolute atomic E-state index is 0.240. The van der Waals surface area contributed by atoms with Gasteiger partial charge in [-0.25, -0.2) is 4.79 Å². The zero-order valence-electron chi connectivity index (χ0n) is 9.34. The molecule has 88 valence electrons. The minimum Gasteiger partial charge on any atom is -0.463 e. The van der Waals surface area contributed by atoms with E-state index in [1.807, 2.05) is 0 Å². The van der Waals surface area contributed by atoms with Gasteiger partial charge in [0.25, 0.3) is 0 Å². The lowest BCUT2D eigenvalue weighted by Gasteiger charge is -2.02. The third-order valence-corrected chi connectivity index (χ3v) is 3.76. The second-order valence-electron chi connectivity index (χ2n) is 3.54. The molecule has 0 bridgehead atoms. The summed E-state index contributed by atoms with van der Waals surface area (Å²) in [5.41, 5.74) is 0. The van der Waals surface area contributed by atoms with Crippen molar-refractivity contribution in [2.45, 2.75) is 44.6 Å². The number of ether oxygens (including phenoxy) is 1. The molecule has 0 N–H and O–H groups in total. The van der Waals surface area contributed by atoms with Crippen LogP contribution in [0.5, 0.6) is 0 Å². The molecule has 0 saturated carbocycles. The van der Waals surface area contributed by atoms with Gasteiger partial charge in [-0.3, -0.25) is 0 Å². The van der Waals surface area contributed by atoms with Gasteiger partial charge in [-0.1, -0.05) is 38.7 Å². The van der Waals surface area contributed by atoms with Gasteiger partial charge >= 0.3 is 5.97 Å². The first-order valence-corrected chi connectivity index (χ1v) is 8.80. The lowest BCUT2D eigenvalue weighted by atomic mass is 10.1. The monoisotopic (exact) mass is 248 g/mol. The Kier molecular flexibility index (Phi) is 11.6. The van der Waals surface area contributed by atoms with Crippen LogP contribution in [0.4, 0.5) is 0 Å². The molecule has 0 rings (SSSR count). The summed E-state index contributed by atoms with van der Waals surface area (Å²) < 4.78 is 4.87. The first-order valence-electron chi connectivity index (χ1n) is 5.66. The number of carbonyl (C=O) groups excluding carboxylic acids is 1. The SMILES string of the molecule is C=CC(=O)OCCCCCCCC[SiH2]Cl. The zero-order chi connectivity index (χ0) is 11.4. The van der Waals surface area contributed by atoms with E-state index in [2.05, 4.69) is 6.58 Å². The van der Waals surface area contributed by atoms with Gasteiger partial charge in [0.05, 0.1) is 6.61 Å². The quantitative estimate of drug-likeness (QED) is 0.195. The van der Waals surface area contributed by atoms with Crippen LogP contribution in [0.2, 0.25) is 6.04 Å². The molecule has 0 heterocycles. The minimum atomic E-state index is -0.318. The van der Waals surface area contributed by atoms with Crippen molar-refractivity contribution in [3.05, 3.63) is 12.7 Å². The molecule has 0 radical (unpaired) electrons. The van der Waals surface area contributed by atoms with Crippen LogP contribution >= 0.6 is 11.1 Å². The van der Waals surface area contributed by atoms with E-state index in [1.54, 1.807) is 0 Å². The Balaban J connectivity index is 2.98. The van der Waals surface area contributed by atoms with Crippen molar-refractivity contribution in [1.82, 2.24) is 0 Å². The maximum absolute atomic E-state index is 10.7. The second-order valence-corrected chi connectivity index (χ2v) is 5.75. The second kappa shape index (κ2) is 11.8. The summed E-state index contributed by atoms with van der Waals surface area (Å²) in [6.07, 6.45) is 8.41. The van der Waals surface area contributed by atoms with Crippen molar-refractivity contribution >= 4 is 25.9 Å². The molecule has 4 heteroatoms. The molecule has 0 aromatic heterocycles. The molecule has 2 nitrogen and oxygen atoms in total. The van der Waals surface area contributed by atoms with Crippen LogP contribution < -0.4 is 0 Å². The van der Waals surface area contributed by atoms with E-state index in [9.17, 15) is 4.79 Å². The average molecular weight is 249 g/mol. The third-order valence-electron chi connectivity index (χ3n) is 2.19. The molecule has 0 aliphatic carbocycles. The van der Waals surface area contributed by atoms with E-state index >= 15 is 0 Å². The van der Waals surface area contributed by atoms with Crippen LogP contribution in [0.3, 0.4) is 0 Å². The van der Waals surface area contributed by atoms with Crippen molar-refractivity contribution in [3.8, 4) is 0 Å². The predicted octanol–water partition coefficient (Wildman–Crippen LogP) is 2.80. The summed E-state index contributed by atoms with van der Waals surface area (Å²) in [5, 5.41) is 0. The van der Waals surface area contributed by atoms with E-state index in [-0.39, 0.29) is 14.8 Å². The fraction of sp³-hybridized carbons (Fsp3) is 0.727. The molecule has 0 aliphatic heterocycles. The summed E-state index contributed by atoms with van der Waals surface area (Å²) in [7, 11) is -0.240. The fourth-order valence-electron chi connectivity index (χ4n) is 1.31. The highest BCUT2D eigenvalue weighted by Gasteiger charge is 1.95. The summed E-state index contributed by atoms with van der Waals surface area (Å²) in [6.45, 7) is 3.86. The van der Waals surface area contributed by atoms with Crippen molar-refractivity contribution < 1.29 is 9.53 Å². The number of esters is 1. The Morgan fingerprint density at radius 3 is 2.40 bits per heavy atom. The highest BCUT2D eigenvalue weighted by Crippen LogP contribution is 2.07. The lowest BCUT2D eigenvalue weighted by molar-refractivity contribution is -0.137. The summed E-state index contributed by atoms with van der Waals surface area (Å²) >= 11 is 5.71. The first kappa shape index (κ1) is 14.7. The Labute approximate surface area is 99.6 Å². The molecule has 0 aromatic carbocycles. The van der Waals surface area contributed by atoms with E-state index in [0.29, 0.717) is 6.61 Å². The summed E-state index contributed by atoms with van der Waals surface area (Å²) in [4.78, 5) is 10.7. The van der Waals surface area contributed by atoms with Crippen LogP contribution in [0.15, 0.2) is 12.7 Å². The Morgan fingerprint density at radius 2 is 1.80 bits per heavy atom. The molecular formula is C11H21ClO2Si. The maximum atomic E-state index is 10.7. The largest absolute Gasteiger partial charge is 0.463 e. The number of halogens is 1. The van der Waals surface area contributed by atoms with Gasteiger partial charge in [0, 0.05) is 6.08 Å². The van der Waals surface area contributed by atoms with E-state index in [0.717, 1.165) is 12.8 Å².